The van der Waals surface area contributed by atoms with Gasteiger partial charge >= 0.3 is 0 Å². The van der Waals surface area contributed by atoms with E-state index in [4.69, 9.17) is 0 Å². The van der Waals surface area contributed by atoms with Gasteiger partial charge in [-0.25, -0.2) is 0 Å². The summed E-state index contributed by atoms with van der Waals surface area (Å²) in [7, 11) is 0. The first-order valence-corrected chi connectivity index (χ1v) is 7.63. The second-order valence-corrected chi connectivity index (χ2v) is 6.74. The Morgan fingerprint density at radius 3 is 2.64 bits per heavy atom. The topological polar surface area (TPSA) is 62.2 Å². The third-order valence-corrected chi connectivity index (χ3v) is 4.03. The first kappa shape index (κ1) is 16.4. The van der Waals surface area contributed by atoms with Gasteiger partial charge in [0.2, 0.25) is 0 Å². The number of para-hydroxylation sites is 1. The van der Waals surface area contributed by atoms with Crippen LogP contribution in [0.2, 0.25) is 0 Å². The number of rotatable bonds is 5. The Morgan fingerprint density at radius 1 is 1.27 bits per heavy atom. The van der Waals surface area contributed by atoms with Crippen molar-refractivity contribution in [1.82, 2.24) is 10.3 Å². The van der Waals surface area contributed by atoms with E-state index in [-0.39, 0.29) is 17.2 Å². The second-order valence-electron chi connectivity index (χ2n) is 6.74. The SMILES string of the molecule is CC(C)C(O)C(C)(C)CNC(=O)c1ccnc2ccccc12. The first-order valence-electron chi connectivity index (χ1n) is 7.63. The Hall–Kier alpha value is -1.94. The molecule has 0 saturated carbocycles. The van der Waals surface area contributed by atoms with Gasteiger partial charge < -0.3 is 10.4 Å². The zero-order chi connectivity index (χ0) is 16.3. The maximum Gasteiger partial charge on any atom is 0.252 e. The molecule has 4 heteroatoms. The van der Waals surface area contributed by atoms with Gasteiger partial charge in [-0.1, -0.05) is 45.9 Å². The van der Waals surface area contributed by atoms with Crippen molar-refractivity contribution in [3.8, 4) is 0 Å². The number of pyridine rings is 1. The predicted octanol–water partition coefficient (Wildman–Crippen LogP) is 3.01. The number of benzene rings is 1. The number of nitrogens with one attached hydrogen (secondary N) is 1. The normalized spacial score (nSPS) is 13.4. The van der Waals surface area contributed by atoms with Crippen LogP contribution in [0.15, 0.2) is 36.5 Å². The van der Waals surface area contributed by atoms with Gasteiger partial charge in [-0.2, -0.15) is 0 Å². The minimum Gasteiger partial charge on any atom is -0.392 e. The molecule has 1 heterocycles. The van der Waals surface area contributed by atoms with Crippen LogP contribution in [0, 0.1) is 11.3 Å². The first-order chi connectivity index (χ1) is 10.3. The summed E-state index contributed by atoms with van der Waals surface area (Å²) in [5, 5.41) is 14.0. The highest BCUT2D eigenvalue weighted by Gasteiger charge is 2.30. The number of hydrogen-bond donors (Lipinski definition) is 2. The van der Waals surface area contributed by atoms with Crippen molar-refractivity contribution in [1.29, 1.82) is 0 Å². The van der Waals surface area contributed by atoms with E-state index in [1.54, 1.807) is 12.3 Å². The van der Waals surface area contributed by atoms with Gasteiger partial charge in [0.25, 0.3) is 5.91 Å². The maximum absolute atomic E-state index is 12.5. The molecule has 0 aliphatic heterocycles. The summed E-state index contributed by atoms with van der Waals surface area (Å²) < 4.78 is 0. The van der Waals surface area contributed by atoms with E-state index in [1.165, 1.54) is 0 Å². The standard InChI is InChI=1S/C18H24N2O2/c1-12(2)16(21)18(3,4)11-20-17(22)14-9-10-19-15-8-6-5-7-13(14)15/h5-10,12,16,21H,11H2,1-4H3,(H,20,22). The lowest BCUT2D eigenvalue weighted by atomic mass is 9.80. The van der Waals surface area contributed by atoms with Gasteiger partial charge in [-0.15, -0.1) is 0 Å². The van der Waals surface area contributed by atoms with Crippen molar-refractivity contribution in [3.63, 3.8) is 0 Å². The molecule has 118 valence electrons. The maximum atomic E-state index is 12.5. The summed E-state index contributed by atoms with van der Waals surface area (Å²) in [6, 6.07) is 9.31. The van der Waals surface area contributed by atoms with Crippen LogP contribution in [-0.4, -0.2) is 28.6 Å². The average Bonchev–Trinajstić information content (AvgIpc) is 2.51. The van der Waals surface area contributed by atoms with E-state index in [1.807, 2.05) is 52.0 Å². The molecule has 1 aromatic carbocycles. The fourth-order valence-electron chi connectivity index (χ4n) is 2.70. The average molecular weight is 300 g/mol. The number of aliphatic hydroxyl groups is 1. The molecule has 0 aliphatic rings. The molecule has 2 rings (SSSR count). The van der Waals surface area contributed by atoms with Gasteiger partial charge in [-0.05, 0) is 18.1 Å². The highest BCUT2D eigenvalue weighted by Crippen LogP contribution is 2.25. The number of carbonyl (C=O) groups excluding carboxylic acids is 1. The molecular weight excluding hydrogens is 276 g/mol. The van der Waals surface area contributed by atoms with E-state index < -0.39 is 6.10 Å². The summed E-state index contributed by atoms with van der Waals surface area (Å²) in [4.78, 5) is 16.7. The van der Waals surface area contributed by atoms with E-state index in [2.05, 4.69) is 10.3 Å². The quantitative estimate of drug-likeness (QED) is 0.892. The predicted molar refractivity (Wildman–Crippen MR) is 88.7 cm³/mol. The number of amides is 1. The minimum absolute atomic E-state index is 0.136. The number of nitrogens with zero attached hydrogens (tertiary/aromatic N) is 1. The van der Waals surface area contributed by atoms with Crippen LogP contribution in [0.1, 0.15) is 38.1 Å². The Bertz CT molecular complexity index is 660. The lowest BCUT2D eigenvalue weighted by molar-refractivity contribution is 0.0138. The number of aliphatic hydroxyl groups excluding tert-OH is 1. The molecule has 1 aromatic heterocycles. The largest absolute Gasteiger partial charge is 0.392 e. The molecule has 0 radical (unpaired) electrons. The van der Waals surface area contributed by atoms with Gasteiger partial charge in [-0.3, -0.25) is 9.78 Å². The summed E-state index contributed by atoms with van der Waals surface area (Å²) in [6.07, 6.45) is 1.17. The van der Waals surface area contributed by atoms with Crippen LogP contribution in [0.25, 0.3) is 10.9 Å². The molecule has 0 saturated heterocycles. The van der Waals surface area contributed by atoms with E-state index in [0.717, 1.165) is 10.9 Å². The van der Waals surface area contributed by atoms with Crippen LogP contribution in [0.5, 0.6) is 0 Å². The van der Waals surface area contributed by atoms with Crippen molar-refractivity contribution in [3.05, 3.63) is 42.1 Å². The van der Waals surface area contributed by atoms with Crippen molar-refractivity contribution in [2.24, 2.45) is 11.3 Å². The van der Waals surface area contributed by atoms with Crippen molar-refractivity contribution in [2.45, 2.75) is 33.8 Å². The molecular formula is C18H24N2O2. The second kappa shape index (κ2) is 6.44. The van der Waals surface area contributed by atoms with E-state index in [9.17, 15) is 9.90 Å². The van der Waals surface area contributed by atoms with E-state index >= 15 is 0 Å². The Labute approximate surface area is 131 Å². The Kier molecular flexibility index (Phi) is 4.81. The molecule has 0 fully saturated rings. The molecule has 0 bridgehead atoms. The molecule has 2 aromatic rings. The van der Waals surface area contributed by atoms with Crippen LogP contribution < -0.4 is 5.32 Å². The molecule has 1 unspecified atom stereocenters. The summed E-state index contributed by atoms with van der Waals surface area (Å²) in [5.41, 5.74) is 1.03. The molecule has 2 N–H and O–H groups in total. The van der Waals surface area contributed by atoms with Crippen molar-refractivity contribution >= 4 is 16.8 Å². The van der Waals surface area contributed by atoms with Gasteiger partial charge in [0, 0.05) is 23.5 Å². The van der Waals surface area contributed by atoms with Crippen LogP contribution in [0.3, 0.4) is 0 Å². The highest BCUT2D eigenvalue weighted by molar-refractivity contribution is 6.05. The molecule has 4 nitrogen and oxygen atoms in total. The molecule has 1 amide bonds. The Balaban J connectivity index is 2.15. The lowest BCUT2D eigenvalue weighted by Gasteiger charge is -2.33. The van der Waals surface area contributed by atoms with Gasteiger partial charge in [0.05, 0.1) is 17.2 Å². The smallest absolute Gasteiger partial charge is 0.252 e. The number of carbonyl (C=O) groups is 1. The third kappa shape index (κ3) is 3.45. The van der Waals surface area contributed by atoms with Crippen LogP contribution >= 0.6 is 0 Å². The molecule has 0 aliphatic carbocycles. The van der Waals surface area contributed by atoms with Crippen LogP contribution in [0.4, 0.5) is 0 Å². The lowest BCUT2D eigenvalue weighted by Crippen LogP contribution is -2.43. The fourth-order valence-corrected chi connectivity index (χ4v) is 2.70. The number of aromatic nitrogens is 1. The fraction of sp³-hybridized carbons (Fsp3) is 0.444. The zero-order valence-corrected chi connectivity index (χ0v) is 13.6. The molecule has 1 atom stereocenters. The van der Waals surface area contributed by atoms with E-state index in [0.29, 0.717) is 12.1 Å². The summed E-state index contributed by atoms with van der Waals surface area (Å²) in [6.45, 7) is 8.29. The summed E-state index contributed by atoms with van der Waals surface area (Å²) >= 11 is 0. The minimum atomic E-state index is -0.470. The zero-order valence-electron chi connectivity index (χ0n) is 13.6. The number of fused-ring (bicyclic) bond motifs is 1. The monoisotopic (exact) mass is 300 g/mol. The Morgan fingerprint density at radius 2 is 1.95 bits per heavy atom. The van der Waals surface area contributed by atoms with Crippen molar-refractivity contribution in [2.75, 3.05) is 6.54 Å². The van der Waals surface area contributed by atoms with Crippen molar-refractivity contribution < 1.29 is 9.90 Å². The number of hydrogen-bond acceptors (Lipinski definition) is 3. The van der Waals surface area contributed by atoms with Gasteiger partial charge in [0.15, 0.2) is 0 Å². The molecule has 22 heavy (non-hydrogen) atoms. The highest BCUT2D eigenvalue weighted by atomic mass is 16.3. The molecule has 0 spiro atoms. The summed E-state index contributed by atoms with van der Waals surface area (Å²) in [5.74, 6) is 0.0105. The van der Waals surface area contributed by atoms with Gasteiger partial charge in [0.1, 0.15) is 0 Å². The third-order valence-electron chi connectivity index (χ3n) is 4.03. The van der Waals surface area contributed by atoms with Crippen LogP contribution in [-0.2, 0) is 0 Å².